The Labute approximate surface area is 495 Å². The largest absolute Gasteiger partial charge is 0.416 e. The summed E-state index contributed by atoms with van der Waals surface area (Å²) in [5, 5.41) is 19.3. The van der Waals surface area contributed by atoms with Gasteiger partial charge in [-0.15, -0.1) is 0 Å². The lowest BCUT2D eigenvalue weighted by Crippen LogP contribution is -2.11. The van der Waals surface area contributed by atoms with Crippen LogP contribution in [0.25, 0.3) is 67.8 Å². The molecule has 0 fully saturated rings. The maximum Gasteiger partial charge on any atom is 0.416 e. The zero-order valence-electron chi connectivity index (χ0n) is 42.1. The van der Waals surface area contributed by atoms with Crippen LogP contribution in [-0.2, 0) is 24.7 Å². The minimum atomic E-state index is -4.93. The highest BCUT2D eigenvalue weighted by Gasteiger charge is 2.38. The number of aromatic nitrogens is 2. The van der Waals surface area contributed by atoms with Crippen molar-refractivity contribution < 1.29 is 70.2 Å². The molecule has 7 aromatic carbocycles. The van der Waals surface area contributed by atoms with Crippen molar-refractivity contribution in [2.24, 2.45) is 0 Å². The van der Waals surface area contributed by atoms with E-state index in [1.807, 2.05) is 72.8 Å². The first kappa shape index (κ1) is 63.2. The van der Waals surface area contributed by atoms with E-state index in [-0.39, 0.29) is 34.4 Å². The zero-order valence-corrected chi connectivity index (χ0v) is 46.4. The predicted octanol–water partition coefficient (Wildman–Crippen LogP) is 20.5. The lowest BCUT2D eigenvalue weighted by atomic mass is 9.96. The monoisotopic (exact) mass is 1390 g/mol. The number of rotatable bonds is 8. The van der Waals surface area contributed by atoms with Crippen molar-refractivity contribution in [1.82, 2.24) is 9.97 Å². The highest BCUT2D eigenvalue weighted by molar-refractivity contribution is 14.1. The highest BCUT2D eigenvalue weighted by Crippen LogP contribution is 2.41. The van der Waals surface area contributed by atoms with E-state index >= 15 is 0 Å². The molecule has 9 rings (SSSR count). The molecule has 0 amide bonds. The Morgan fingerprint density at radius 1 is 0.333 bits per heavy atom. The summed E-state index contributed by atoms with van der Waals surface area (Å²) in [7, 11) is 0. The predicted molar refractivity (Wildman–Crippen MR) is 302 cm³/mol. The molecule has 0 spiro atoms. The first-order chi connectivity index (χ1) is 39.5. The van der Waals surface area contributed by atoms with Crippen molar-refractivity contribution in [2.75, 3.05) is 0 Å². The molecule has 0 aliphatic carbocycles. The second kappa shape index (κ2) is 26.5. The maximum atomic E-state index is 13.2. The first-order valence-corrected chi connectivity index (χ1v) is 25.9. The molecule has 0 saturated heterocycles. The lowest BCUT2D eigenvalue weighted by Gasteiger charge is -2.14. The van der Waals surface area contributed by atoms with Gasteiger partial charge in [-0.1, -0.05) is 97.1 Å². The Hall–Kier alpha value is -8.36. The molecule has 426 valence electrons. The fourth-order valence-electron chi connectivity index (χ4n) is 7.83. The SMILES string of the molecule is Fc1c(F)c(I)c(F)c(F)c1I.N#C/C(=C\c1ccc(-c2ccncc2)cc1)c1ccc(-c2cc(C(F)(F)F)cc(C(F)(F)F)c2)cc1.N#C/C(=C\c1ccc(-c2ccncc2)cc1)c1ccc(-c2cc(C(F)(F)F)cc(C(F)(F)F)c2)cc1. The summed E-state index contributed by atoms with van der Waals surface area (Å²) in [6, 6.07) is 41.0. The number of allylic oxidation sites excluding steroid dienone is 2. The van der Waals surface area contributed by atoms with Crippen molar-refractivity contribution in [3.63, 3.8) is 0 Å². The standard InChI is InChI=1S/2C28H16F6N2.C6F4I2/c2*29-27(30,31)25-14-23(15-26(16-25)28(32,33)34)20-5-7-21(8-6-20)24(17-35)13-18-1-3-19(4-2-18)22-9-11-36-12-10-22;7-1-2(8)6(12)4(10)3(9)5(1)11/h2*1-16H;/b2*24-13+;. The number of nitriles is 2. The molecular formula is C62H32F16I2N4. The third-order valence-corrected chi connectivity index (χ3v) is 14.0. The number of benzene rings is 7. The van der Waals surface area contributed by atoms with Gasteiger partial charge in [-0.2, -0.15) is 63.2 Å². The molecule has 2 heterocycles. The van der Waals surface area contributed by atoms with Gasteiger partial charge in [-0.3, -0.25) is 9.97 Å². The van der Waals surface area contributed by atoms with Crippen LogP contribution in [0.3, 0.4) is 0 Å². The Morgan fingerprint density at radius 3 is 0.798 bits per heavy atom. The maximum absolute atomic E-state index is 13.2. The van der Waals surface area contributed by atoms with Crippen LogP contribution in [0.4, 0.5) is 70.2 Å². The van der Waals surface area contributed by atoms with Crippen LogP contribution in [0, 0.1) is 53.1 Å². The third kappa shape index (κ3) is 16.0. The number of nitrogens with zero attached hydrogens (tertiary/aromatic N) is 4. The Morgan fingerprint density at radius 2 is 0.560 bits per heavy atom. The number of hydrogen-bond acceptors (Lipinski definition) is 4. The van der Waals surface area contributed by atoms with Crippen molar-refractivity contribution in [3.05, 3.63) is 257 Å². The van der Waals surface area contributed by atoms with Gasteiger partial charge in [0, 0.05) is 24.8 Å². The van der Waals surface area contributed by atoms with Crippen LogP contribution in [0.15, 0.2) is 183 Å². The summed E-state index contributed by atoms with van der Waals surface area (Å²) < 4.78 is 207. The number of hydrogen-bond donors (Lipinski definition) is 0. The van der Waals surface area contributed by atoms with E-state index in [9.17, 15) is 80.8 Å². The van der Waals surface area contributed by atoms with Gasteiger partial charge in [0.15, 0.2) is 23.3 Å². The van der Waals surface area contributed by atoms with Gasteiger partial charge in [-0.25, -0.2) is 17.6 Å². The van der Waals surface area contributed by atoms with Gasteiger partial charge in [0.1, 0.15) is 0 Å². The van der Waals surface area contributed by atoms with E-state index in [0.717, 1.165) is 33.4 Å². The van der Waals surface area contributed by atoms with Crippen molar-refractivity contribution >= 4 is 68.5 Å². The van der Waals surface area contributed by atoms with E-state index in [4.69, 9.17) is 0 Å². The average Bonchev–Trinajstić information content (AvgIpc) is 2.66. The molecule has 9 aromatic rings. The Balaban J connectivity index is 0.000000202. The normalized spacial score (nSPS) is 12.0. The van der Waals surface area contributed by atoms with E-state index in [0.29, 0.717) is 46.5 Å². The molecule has 0 bridgehead atoms. The molecule has 0 aliphatic rings. The summed E-state index contributed by atoms with van der Waals surface area (Å²) in [6.07, 6.45) is -9.69. The van der Waals surface area contributed by atoms with Crippen LogP contribution in [0.1, 0.15) is 44.5 Å². The number of halogens is 18. The van der Waals surface area contributed by atoms with Crippen molar-refractivity contribution in [2.45, 2.75) is 24.7 Å². The van der Waals surface area contributed by atoms with E-state index in [1.54, 1.807) is 36.9 Å². The van der Waals surface area contributed by atoms with Crippen LogP contribution in [0.2, 0.25) is 0 Å². The van der Waals surface area contributed by atoms with Gasteiger partial charge in [0.05, 0.1) is 52.7 Å². The molecule has 4 nitrogen and oxygen atoms in total. The second-order valence-electron chi connectivity index (χ2n) is 17.7. The molecular weight excluding hydrogens is 1360 g/mol. The van der Waals surface area contributed by atoms with Crippen molar-refractivity contribution in [3.8, 4) is 56.6 Å². The molecule has 0 unspecified atom stereocenters. The minimum Gasteiger partial charge on any atom is -0.265 e. The fraction of sp³-hybridized carbons (Fsp3) is 0.0645. The van der Waals surface area contributed by atoms with Crippen molar-refractivity contribution in [1.29, 1.82) is 10.5 Å². The van der Waals surface area contributed by atoms with Crippen LogP contribution < -0.4 is 0 Å². The zero-order chi connectivity index (χ0) is 61.3. The summed E-state index contributed by atoms with van der Waals surface area (Å²) in [4.78, 5) is 7.96. The molecule has 0 saturated carbocycles. The van der Waals surface area contributed by atoms with Crippen LogP contribution in [0.5, 0.6) is 0 Å². The molecule has 84 heavy (non-hydrogen) atoms. The molecule has 0 radical (unpaired) electrons. The molecule has 2 aromatic heterocycles. The first-order valence-electron chi connectivity index (χ1n) is 23.8. The van der Waals surface area contributed by atoms with Gasteiger partial charge in [-0.05, 0) is 185 Å². The van der Waals surface area contributed by atoms with E-state index in [2.05, 4.69) is 22.1 Å². The van der Waals surface area contributed by atoms with Gasteiger partial charge in [0.2, 0.25) is 0 Å². The quantitative estimate of drug-likeness (QED) is 0.0379. The molecule has 0 aliphatic heterocycles. The van der Waals surface area contributed by atoms with Crippen LogP contribution >= 0.6 is 45.2 Å². The Bertz CT molecular complexity index is 3550. The van der Waals surface area contributed by atoms with Gasteiger partial charge in [0.25, 0.3) is 0 Å². The molecule has 0 atom stereocenters. The lowest BCUT2D eigenvalue weighted by molar-refractivity contribution is -0.144. The molecule has 22 heteroatoms. The number of pyridine rings is 2. The van der Waals surface area contributed by atoms with E-state index < -0.39 is 77.4 Å². The highest BCUT2D eigenvalue weighted by atomic mass is 127. The summed E-state index contributed by atoms with van der Waals surface area (Å²) in [6.45, 7) is 0. The third-order valence-electron chi connectivity index (χ3n) is 12.1. The second-order valence-corrected chi connectivity index (χ2v) is 19.8. The summed E-state index contributed by atoms with van der Waals surface area (Å²) in [5.41, 5.74) is 1.28. The average molecular weight is 1390 g/mol. The van der Waals surface area contributed by atoms with Gasteiger partial charge < -0.3 is 0 Å². The minimum absolute atomic E-state index is 0.0916. The summed E-state index contributed by atoms with van der Waals surface area (Å²) in [5.74, 6) is -5.39. The Kier molecular flexibility index (Phi) is 19.9. The number of alkyl halides is 12. The summed E-state index contributed by atoms with van der Waals surface area (Å²) >= 11 is 2.41. The smallest absolute Gasteiger partial charge is 0.265 e. The molecule has 0 N–H and O–H groups in total. The van der Waals surface area contributed by atoms with Crippen LogP contribution in [-0.4, -0.2) is 9.97 Å². The van der Waals surface area contributed by atoms with Gasteiger partial charge >= 0.3 is 24.7 Å². The van der Waals surface area contributed by atoms with E-state index in [1.165, 1.54) is 93.7 Å². The fourth-order valence-corrected chi connectivity index (χ4v) is 8.78. The topological polar surface area (TPSA) is 73.4 Å².